The van der Waals surface area contributed by atoms with E-state index in [9.17, 15) is 9.59 Å². The maximum absolute atomic E-state index is 12.9. The standard InChI is InChI=1S/C21H16ClN3O2S/c1-13-10-15(14(2)24(13)16-6-5-9-23-12-16)11-19-20(26)25(21(27)28-19)18-8-4-3-7-17(18)22/h3-12H,1-2H3. The molecule has 1 fully saturated rings. The number of amides is 2. The first kappa shape index (κ1) is 18.5. The van der Waals surface area contributed by atoms with E-state index in [0.717, 1.165) is 39.3 Å². The zero-order chi connectivity index (χ0) is 19.8. The van der Waals surface area contributed by atoms with E-state index in [1.807, 2.05) is 32.0 Å². The summed E-state index contributed by atoms with van der Waals surface area (Å²) in [5.41, 5.74) is 4.21. The summed E-state index contributed by atoms with van der Waals surface area (Å²) in [6.07, 6.45) is 5.27. The number of nitrogens with zero attached hydrogens (tertiary/aromatic N) is 3. The minimum absolute atomic E-state index is 0.356. The molecule has 1 saturated heterocycles. The van der Waals surface area contributed by atoms with Crippen molar-refractivity contribution >= 4 is 46.3 Å². The highest BCUT2D eigenvalue weighted by atomic mass is 35.5. The maximum Gasteiger partial charge on any atom is 0.298 e. The van der Waals surface area contributed by atoms with Gasteiger partial charge in [0.1, 0.15) is 0 Å². The summed E-state index contributed by atoms with van der Waals surface area (Å²) in [5.74, 6) is -0.366. The lowest BCUT2D eigenvalue weighted by molar-refractivity contribution is -0.113. The molecule has 0 spiro atoms. The van der Waals surface area contributed by atoms with Gasteiger partial charge in [0.25, 0.3) is 11.1 Å². The van der Waals surface area contributed by atoms with E-state index in [1.165, 1.54) is 0 Å². The fourth-order valence-corrected chi connectivity index (χ4v) is 4.31. The summed E-state index contributed by atoms with van der Waals surface area (Å²) in [6, 6.07) is 12.7. The summed E-state index contributed by atoms with van der Waals surface area (Å²) in [6.45, 7) is 3.97. The molecule has 3 heterocycles. The Hall–Kier alpha value is -2.83. The van der Waals surface area contributed by atoms with Crippen LogP contribution in [0.25, 0.3) is 11.8 Å². The van der Waals surface area contributed by atoms with E-state index in [4.69, 9.17) is 11.6 Å². The van der Waals surface area contributed by atoms with Crippen LogP contribution in [0.2, 0.25) is 5.02 Å². The van der Waals surface area contributed by atoms with Crippen molar-refractivity contribution in [2.75, 3.05) is 4.90 Å². The predicted octanol–water partition coefficient (Wildman–Crippen LogP) is 5.38. The molecule has 2 aromatic heterocycles. The first-order valence-electron chi connectivity index (χ1n) is 8.59. The Morgan fingerprint density at radius 1 is 1.11 bits per heavy atom. The molecule has 3 aromatic rings. The average molecular weight is 410 g/mol. The number of thioether (sulfide) groups is 1. The lowest BCUT2D eigenvalue weighted by atomic mass is 10.2. The van der Waals surface area contributed by atoms with Crippen molar-refractivity contribution in [3.05, 3.63) is 81.7 Å². The molecular weight excluding hydrogens is 394 g/mol. The van der Waals surface area contributed by atoms with Gasteiger partial charge in [0.2, 0.25) is 0 Å². The van der Waals surface area contributed by atoms with E-state index in [-0.39, 0.29) is 11.1 Å². The van der Waals surface area contributed by atoms with Crippen LogP contribution in [0, 0.1) is 13.8 Å². The number of imide groups is 1. The van der Waals surface area contributed by atoms with Crippen LogP contribution in [0.5, 0.6) is 0 Å². The molecule has 28 heavy (non-hydrogen) atoms. The topological polar surface area (TPSA) is 55.2 Å². The molecule has 0 bridgehead atoms. The van der Waals surface area contributed by atoms with Gasteiger partial charge < -0.3 is 4.57 Å². The number of hydrogen-bond acceptors (Lipinski definition) is 4. The SMILES string of the molecule is Cc1cc(C=C2SC(=O)N(c3ccccc3Cl)C2=O)c(C)n1-c1cccnc1. The van der Waals surface area contributed by atoms with Crippen LogP contribution in [-0.2, 0) is 4.79 Å². The van der Waals surface area contributed by atoms with Crippen molar-refractivity contribution in [2.45, 2.75) is 13.8 Å². The molecule has 0 unspecified atom stereocenters. The smallest absolute Gasteiger partial charge is 0.298 e. The molecule has 5 nitrogen and oxygen atoms in total. The number of halogens is 1. The summed E-state index contributed by atoms with van der Waals surface area (Å²) in [5, 5.41) is 0.00576. The Bertz CT molecular complexity index is 1120. The van der Waals surface area contributed by atoms with E-state index < -0.39 is 0 Å². The van der Waals surface area contributed by atoms with Gasteiger partial charge in [0.05, 0.1) is 27.5 Å². The number of aryl methyl sites for hydroxylation is 1. The van der Waals surface area contributed by atoms with Crippen molar-refractivity contribution in [1.82, 2.24) is 9.55 Å². The van der Waals surface area contributed by atoms with E-state index in [1.54, 1.807) is 42.7 Å². The Balaban J connectivity index is 1.72. The molecule has 0 radical (unpaired) electrons. The Kier molecular flexibility index (Phi) is 4.83. The van der Waals surface area contributed by atoms with Crippen molar-refractivity contribution in [2.24, 2.45) is 0 Å². The summed E-state index contributed by atoms with van der Waals surface area (Å²) in [4.78, 5) is 31.0. The van der Waals surface area contributed by atoms with Crippen LogP contribution in [0.4, 0.5) is 10.5 Å². The lowest BCUT2D eigenvalue weighted by Crippen LogP contribution is -2.27. The Morgan fingerprint density at radius 2 is 1.89 bits per heavy atom. The third-order valence-corrected chi connectivity index (χ3v) is 5.74. The number of anilines is 1. The molecule has 0 saturated carbocycles. The number of hydrogen-bond donors (Lipinski definition) is 0. The summed E-state index contributed by atoms with van der Waals surface area (Å²) in [7, 11) is 0. The maximum atomic E-state index is 12.9. The van der Waals surface area contributed by atoms with Crippen molar-refractivity contribution in [3.8, 4) is 5.69 Å². The molecule has 140 valence electrons. The molecule has 0 aliphatic carbocycles. The van der Waals surface area contributed by atoms with Crippen molar-refractivity contribution in [1.29, 1.82) is 0 Å². The molecular formula is C21H16ClN3O2S. The molecule has 0 atom stereocenters. The lowest BCUT2D eigenvalue weighted by Gasteiger charge is -2.13. The van der Waals surface area contributed by atoms with E-state index >= 15 is 0 Å². The number of aromatic nitrogens is 2. The fourth-order valence-electron chi connectivity index (χ4n) is 3.27. The van der Waals surface area contributed by atoms with E-state index in [0.29, 0.717) is 15.6 Å². The summed E-state index contributed by atoms with van der Waals surface area (Å²) >= 11 is 7.09. The fraction of sp³-hybridized carbons (Fsp3) is 0.0952. The van der Waals surface area contributed by atoms with E-state index in [2.05, 4.69) is 9.55 Å². The zero-order valence-corrected chi connectivity index (χ0v) is 16.8. The molecule has 2 amide bonds. The molecule has 1 aliphatic rings. The quantitative estimate of drug-likeness (QED) is 0.544. The van der Waals surface area contributed by atoms with Crippen molar-refractivity contribution < 1.29 is 9.59 Å². The monoisotopic (exact) mass is 409 g/mol. The number of pyridine rings is 1. The first-order chi connectivity index (χ1) is 13.5. The van der Waals surface area contributed by atoms with Gasteiger partial charge in [-0.25, -0.2) is 4.90 Å². The van der Waals surface area contributed by atoms with Gasteiger partial charge in [0, 0.05) is 17.6 Å². The van der Waals surface area contributed by atoms with Crippen LogP contribution >= 0.6 is 23.4 Å². The highest BCUT2D eigenvalue weighted by Crippen LogP contribution is 2.39. The second kappa shape index (κ2) is 7.30. The van der Waals surface area contributed by atoms with Gasteiger partial charge in [-0.2, -0.15) is 0 Å². The number of carbonyl (C=O) groups is 2. The Morgan fingerprint density at radius 3 is 2.61 bits per heavy atom. The number of carbonyl (C=O) groups excluding carboxylic acids is 2. The molecule has 1 aliphatic heterocycles. The van der Waals surface area contributed by atoms with Gasteiger partial charge in [-0.15, -0.1) is 0 Å². The van der Waals surface area contributed by atoms with Crippen LogP contribution < -0.4 is 4.90 Å². The number of rotatable bonds is 3. The minimum atomic E-state index is -0.366. The zero-order valence-electron chi connectivity index (χ0n) is 15.2. The largest absolute Gasteiger partial charge is 0.316 e. The van der Waals surface area contributed by atoms with Gasteiger partial charge in [-0.1, -0.05) is 23.7 Å². The van der Waals surface area contributed by atoms with Crippen molar-refractivity contribution in [3.63, 3.8) is 0 Å². The average Bonchev–Trinajstić information content (AvgIpc) is 3.12. The highest BCUT2D eigenvalue weighted by Gasteiger charge is 2.37. The molecule has 1 aromatic carbocycles. The van der Waals surface area contributed by atoms with Crippen LogP contribution in [0.3, 0.4) is 0 Å². The van der Waals surface area contributed by atoms with Gasteiger partial charge in [-0.05, 0) is 67.6 Å². The number of para-hydroxylation sites is 1. The van der Waals surface area contributed by atoms with Crippen LogP contribution in [0.1, 0.15) is 17.0 Å². The minimum Gasteiger partial charge on any atom is -0.316 e. The molecule has 0 N–H and O–H groups in total. The first-order valence-corrected chi connectivity index (χ1v) is 9.78. The van der Waals surface area contributed by atoms with Gasteiger partial charge >= 0.3 is 0 Å². The highest BCUT2D eigenvalue weighted by molar-refractivity contribution is 8.19. The van der Waals surface area contributed by atoms with Gasteiger partial charge in [0.15, 0.2) is 0 Å². The summed E-state index contributed by atoms with van der Waals surface area (Å²) < 4.78 is 2.07. The normalized spacial score (nSPS) is 15.7. The molecule has 4 rings (SSSR count). The van der Waals surface area contributed by atoms with Crippen LogP contribution in [0.15, 0.2) is 59.8 Å². The predicted molar refractivity (Wildman–Crippen MR) is 113 cm³/mol. The second-order valence-corrected chi connectivity index (χ2v) is 7.74. The molecule has 7 heteroatoms. The third kappa shape index (κ3) is 3.15. The third-order valence-electron chi connectivity index (χ3n) is 4.55. The van der Waals surface area contributed by atoms with Gasteiger partial charge in [-0.3, -0.25) is 14.6 Å². The second-order valence-electron chi connectivity index (χ2n) is 6.34. The van der Waals surface area contributed by atoms with Crippen LogP contribution in [-0.4, -0.2) is 20.7 Å². The number of benzene rings is 1. The Labute approximate surface area is 171 Å².